The molecule has 1 aromatic carbocycles. The number of anilines is 1. The number of likely N-dealkylation sites (N-methyl/N-ethyl adjacent to an activating group) is 2. The van der Waals surface area contributed by atoms with Crippen molar-refractivity contribution < 1.29 is 23.7 Å². The predicted octanol–water partition coefficient (Wildman–Crippen LogP) is 3.78. The number of pyridine rings is 2. The first-order chi connectivity index (χ1) is 18.6. The van der Waals surface area contributed by atoms with Gasteiger partial charge in [-0.05, 0) is 43.9 Å². The number of carbonyl (C=O) groups excluding carboxylic acids is 1. The molecule has 0 aliphatic carbocycles. The maximum atomic E-state index is 12.6. The average molecular weight is 547 g/mol. The molecule has 4 rings (SSSR count). The summed E-state index contributed by atoms with van der Waals surface area (Å²) in [4.78, 5) is 43.3. The van der Waals surface area contributed by atoms with E-state index in [9.17, 15) is 24.4 Å². The van der Waals surface area contributed by atoms with Crippen LogP contribution in [0.15, 0.2) is 73.3 Å². The van der Waals surface area contributed by atoms with Crippen LogP contribution < -0.4 is 4.90 Å². The van der Waals surface area contributed by atoms with E-state index in [1.165, 1.54) is 15.5 Å². The quantitative estimate of drug-likeness (QED) is 0.237. The zero-order valence-electron chi connectivity index (χ0n) is 21.6. The summed E-state index contributed by atoms with van der Waals surface area (Å²) in [7, 11) is 0.792. The molecule has 200 valence electrons. The number of carbonyl (C=O) groups is 1. The summed E-state index contributed by atoms with van der Waals surface area (Å²) in [6.07, 6.45) is 9.86. The normalized spacial score (nSPS) is 11.8. The second kappa shape index (κ2) is 11.7. The maximum absolute atomic E-state index is 12.6. The fourth-order valence-electron chi connectivity index (χ4n) is 3.92. The molecular formula is C27H27N6O5P. The van der Waals surface area contributed by atoms with Crippen LogP contribution in [0.4, 0.5) is 5.69 Å². The molecule has 12 heteroatoms. The van der Waals surface area contributed by atoms with Crippen LogP contribution in [0, 0.1) is 11.3 Å². The average Bonchev–Trinajstić information content (AvgIpc) is 3.29. The number of phosphoric acid groups is 1. The number of aromatic nitrogens is 3. The molecule has 0 aliphatic rings. The van der Waals surface area contributed by atoms with Gasteiger partial charge < -0.3 is 24.2 Å². The number of phosphoric ester groups is 1. The summed E-state index contributed by atoms with van der Waals surface area (Å²) in [6, 6.07) is 12.8. The molecule has 0 bridgehead atoms. The van der Waals surface area contributed by atoms with E-state index in [0.29, 0.717) is 40.0 Å². The van der Waals surface area contributed by atoms with E-state index in [1.807, 2.05) is 37.2 Å². The van der Waals surface area contributed by atoms with Gasteiger partial charge >= 0.3 is 7.82 Å². The molecule has 0 fully saturated rings. The topological polar surface area (TPSA) is 145 Å². The molecule has 0 saturated heterocycles. The van der Waals surface area contributed by atoms with Crippen molar-refractivity contribution in [1.82, 2.24) is 19.4 Å². The van der Waals surface area contributed by atoms with Crippen molar-refractivity contribution in [3.05, 3.63) is 78.9 Å². The molecule has 0 unspecified atom stereocenters. The lowest BCUT2D eigenvalue weighted by atomic mass is 10.0. The van der Waals surface area contributed by atoms with Crippen LogP contribution >= 0.6 is 7.82 Å². The van der Waals surface area contributed by atoms with Gasteiger partial charge in [0, 0.05) is 60.3 Å². The van der Waals surface area contributed by atoms with E-state index in [1.54, 1.807) is 56.1 Å². The molecule has 39 heavy (non-hydrogen) atoms. The highest BCUT2D eigenvalue weighted by molar-refractivity contribution is 7.46. The smallest absolute Gasteiger partial charge is 0.310 e. The Bertz CT molecular complexity index is 1640. The summed E-state index contributed by atoms with van der Waals surface area (Å²) >= 11 is 0. The van der Waals surface area contributed by atoms with Crippen LogP contribution in [0.5, 0.6) is 0 Å². The molecule has 4 aromatic rings. The van der Waals surface area contributed by atoms with Gasteiger partial charge in [0.15, 0.2) is 0 Å². The third-order valence-electron chi connectivity index (χ3n) is 5.89. The highest BCUT2D eigenvalue weighted by atomic mass is 31.2. The first kappa shape index (κ1) is 27.9. The van der Waals surface area contributed by atoms with Gasteiger partial charge in [-0.1, -0.05) is 18.2 Å². The molecule has 11 nitrogen and oxygen atoms in total. The minimum absolute atomic E-state index is 0.189. The van der Waals surface area contributed by atoms with Crippen molar-refractivity contribution in [1.29, 1.82) is 5.26 Å². The first-order valence-corrected chi connectivity index (χ1v) is 13.3. The van der Waals surface area contributed by atoms with E-state index in [0.717, 1.165) is 11.1 Å². The largest absolute Gasteiger partial charge is 0.471 e. The van der Waals surface area contributed by atoms with Crippen molar-refractivity contribution in [2.24, 2.45) is 0 Å². The second-order valence-electron chi connectivity index (χ2n) is 9.04. The number of amides is 1. The van der Waals surface area contributed by atoms with Gasteiger partial charge in [-0.15, -0.1) is 0 Å². The summed E-state index contributed by atoms with van der Waals surface area (Å²) in [5.41, 5.74) is 4.37. The third-order valence-corrected chi connectivity index (χ3v) is 6.34. The van der Waals surface area contributed by atoms with Crippen molar-refractivity contribution in [3.63, 3.8) is 0 Å². The number of benzene rings is 1. The Hall–Kier alpha value is -4.17. The zero-order valence-corrected chi connectivity index (χ0v) is 22.5. The zero-order chi connectivity index (χ0) is 28.2. The number of fused-ring (bicyclic) bond motifs is 1. The van der Waals surface area contributed by atoms with Crippen LogP contribution in [0.25, 0.3) is 33.3 Å². The highest BCUT2D eigenvalue weighted by Crippen LogP contribution is 2.38. The van der Waals surface area contributed by atoms with Crippen molar-refractivity contribution in [2.45, 2.75) is 6.73 Å². The number of rotatable bonds is 9. The number of hydrogen-bond donors (Lipinski definition) is 2. The fourth-order valence-corrected chi connectivity index (χ4v) is 4.20. The Labute approximate surface area is 225 Å². The molecular weight excluding hydrogens is 519 g/mol. The summed E-state index contributed by atoms with van der Waals surface area (Å²) < 4.78 is 17.5. The minimum Gasteiger partial charge on any atom is -0.310 e. The Morgan fingerprint density at radius 3 is 2.62 bits per heavy atom. The molecule has 0 radical (unpaired) electrons. The summed E-state index contributed by atoms with van der Waals surface area (Å²) in [5.74, 6) is -0.189. The first-order valence-electron chi connectivity index (χ1n) is 11.8. The van der Waals surface area contributed by atoms with Gasteiger partial charge in [-0.3, -0.25) is 14.3 Å². The Kier molecular flexibility index (Phi) is 8.35. The van der Waals surface area contributed by atoms with Crippen LogP contribution in [0.3, 0.4) is 0 Å². The number of nitriles is 1. The third kappa shape index (κ3) is 6.83. The summed E-state index contributed by atoms with van der Waals surface area (Å²) in [5, 5.41) is 10.0. The SMILES string of the molecule is CN(C)CC=CC(=O)N(C)c1cncc(-c2cnc3c(c2)c(-c2cccc(C#N)c2)cn3COP(=O)(O)O)c1. The lowest BCUT2D eigenvalue weighted by Gasteiger charge is -2.16. The van der Waals surface area contributed by atoms with Crippen molar-refractivity contribution in [2.75, 3.05) is 32.6 Å². The van der Waals surface area contributed by atoms with Gasteiger partial charge in [-0.2, -0.15) is 5.26 Å². The van der Waals surface area contributed by atoms with E-state index in [2.05, 4.69) is 16.0 Å². The number of hydrogen-bond acceptors (Lipinski definition) is 7. The molecule has 1 amide bonds. The molecule has 3 aromatic heterocycles. The van der Waals surface area contributed by atoms with E-state index >= 15 is 0 Å². The van der Waals surface area contributed by atoms with Gasteiger partial charge in [0.2, 0.25) is 5.91 Å². The van der Waals surface area contributed by atoms with Crippen LogP contribution in [0.2, 0.25) is 0 Å². The Morgan fingerprint density at radius 2 is 1.90 bits per heavy atom. The molecule has 0 atom stereocenters. The minimum atomic E-state index is -4.72. The number of nitrogens with zero attached hydrogens (tertiary/aromatic N) is 6. The Morgan fingerprint density at radius 1 is 1.13 bits per heavy atom. The molecule has 0 saturated carbocycles. The Balaban J connectivity index is 1.75. The standard InChI is InChI=1S/C27H27N6O5P/c1-31(2)9-5-8-26(34)32(3)23-11-21(14-29-16-23)22-12-24-25(20-7-4-6-19(10-20)13-28)17-33(27(24)30-15-22)18-38-39(35,36)37/h4-8,10-12,14-17H,9,18H2,1-3H3,(H2,35,36,37). The van der Waals surface area contributed by atoms with E-state index in [4.69, 9.17) is 4.52 Å². The molecule has 0 spiro atoms. The second-order valence-corrected chi connectivity index (χ2v) is 10.3. The van der Waals surface area contributed by atoms with Crippen LogP contribution in [-0.4, -0.2) is 62.8 Å². The molecule has 0 aliphatic heterocycles. The van der Waals surface area contributed by atoms with Gasteiger partial charge in [0.25, 0.3) is 0 Å². The lowest BCUT2D eigenvalue weighted by Crippen LogP contribution is -2.24. The monoisotopic (exact) mass is 546 g/mol. The van der Waals surface area contributed by atoms with Crippen LogP contribution in [-0.2, 0) is 20.6 Å². The maximum Gasteiger partial charge on any atom is 0.471 e. The van der Waals surface area contributed by atoms with Gasteiger partial charge in [0.05, 0.1) is 23.5 Å². The van der Waals surface area contributed by atoms with Gasteiger partial charge in [0.1, 0.15) is 12.4 Å². The summed E-state index contributed by atoms with van der Waals surface area (Å²) in [6.45, 7) is 0.221. The molecule has 3 heterocycles. The van der Waals surface area contributed by atoms with E-state index < -0.39 is 14.6 Å². The molecule has 2 N–H and O–H groups in total. The van der Waals surface area contributed by atoms with Crippen molar-refractivity contribution in [3.8, 4) is 28.3 Å². The van der Waals surface area contributed by atoms with Crippen LogP contribution in [0.1, 0.15) is 5.56 Å². The fraction of sp³-hybridized carbons (Fsp3) is 0.185. The lowest BCUT2D eigenvalue weighted by molar-refractivity contribution is -0.113. The highest BCUT2D eigenvalue weighted by Gasteiger charge is 2.18. The van der Waals surface area contributed by atoms with Gasteiger partial charge in [-0.25, -0.2) is 9.55 Å². The van der Waals surface area contributed by atoms with E-state index in [-0.39, 0.29) is 5.91 Å². The predicted molar refractivity (Wildman–Crippen MR) is 147 cm³/mol. The van der Waals surface area contributed by atoms with Crippen molar-refractivity contribution >= 4 is 30.5 Å².